The number of thiophene rings is 1. The summed E-state index contributed by atoms with van der Waals surface area (Å²) in [7, 11) is 0. The van der Waals surface area contributed by atoms with Crippen LogP contribution in [0.15, 0.2) is 59.1 Å². The van der Waals surface area contributed by atoms with Gasteiger partial charge in [0.25, 0.3) is 5.91 Å². The van der Waals surface area contributed by atoms with Gasteiger partial charge in [-0.25, -0.2) is 4.98 Å². The smallest absolute Gasteiger partial charge is 0.271 e. The predicted octanol–water partition coefficient (Wildman–Crippen LogP) is 6.01. The maximum atomic E-state index is 13.4. The van der Waals surface area contributed by atoms with Gasteiger partial charge in [-0.2, -0.15) is 0 Å². The molecule has 27 heavy (non-hydrogen) atoms. The molecule has 1 aromatic carbocycles. The third kappa shape index (κ3) is 3.48. The Morgan fingerprint density at radius 2 is 2.04 bits per heavy atom. The molecule has 4 nitrogen and oxygen atoms in total. The minimum absolute atomic E-state index is 0.188. The van der Waals surface area contributed by atoms with Crippen LogP contribution in [0.25, 0.3) is 10.1 Å². The van der Waals surface area contributed by atoms with Crippen LogP contribution in [-0.2, 0) is 6.54 Å². The summed E-state index contributed by atoms with van der Waals surface area (Å²) in [6.45, 7) is 4.18. The van der Waals surface area contributed by atoms with Crippen molar-refractivity contribution in [3.8, 4) is 0 Å². The van der Waals surface area contributed by atoms with Crippen molar-refractivity contribution in [2.45, 2.75) is 20.4 Å². The Bertz CT molecular complexity index is 1120. The summed E-state index contributed by atoms with van der Waals surface area (Å²) in [6, 6.07) is 15.2. The van der Waals surface area contributed by atoms with Gasteiger partial charge in [0.05, 0.1) is 11.6 Å². The van der Waals surface area contributed by atoms with Gasteiger partial charge in [0.1, 0.15) is 22.2 Å². The number of hydrogen-bond donors (Lipinski definition) is 0. The molecule has 0 aliphatic rings. The van der Waals surface area contributed by atoms with Crippen LogP contribution in [-0.4, -0.2) is 10.9 Å². The summed E-state index contributed by atoms with van der Waals surface area (Å²) in [4.78, 5) is 19.9. The van der Waals surface area contributed by atoms with E-state index in [-0.39, 0.29) is 12.5 Å². The molecule has 0 aliphatic carbocycles. The maximum Gasteiger partial charge on any atom is 0.271 e. The van der Waals surface area contributed by atoms with Crippen LogP contribution in [0.1, 0.15) is 26.8 Å². The fourth-order valence-corrected chi connectivity index (χ4v) is 4.49. The molecular weight excluding hydrogens is 380 g/mol. The molecule has 0 fully saturated rings. The lowest BCUT2D eigenvalue weighted by molar-refractivity contribution is 0.0986. The average molecular weight is 397 g/mol. The number of carbonyl (C=O) groups excluding carboxylic acids is 1. The molecule has 0 atom stereocenters. The van der Waals surface area contributed by atoms with E-state index in [0.717, 1.165) is 21.4 Å². The van der Waals surface area contributed by atoms with Crippen molar-refractivity contribution in [1.82, 2.24) is 4.98 Å². The number of benzene rings is 1. The highest BCUT2D eigenvalue weighted by atomic mass is 35.5. The van der Waals surface area contributed by atoms with E-state index in [9.17, 15) is 4.79 Å². The van der Waals surface area contributed by atoms with Gasteiger partial charge in [0.2, 0.25) is 0 Å². The molecule has 6 heteroatoms. The number of pyridine rings is 1. The average Bonchev–Trinajstić information content (AvgIpc) is 3.22. The van der Waals surface area contributed by atoms with E-state index in [2.05, 4.69) is 4.98 Å². The summed E-state index contributed by atoms with van der Waals surface area (Å²) in [5.41, 5.74) is 1.13. The zero-order valence-corrected chi connectivity index (χ0v) is 16.5. The summed E-state index contributed by atoms with van der Waals surface area (Å²) >= 11 is 7.97. The lowest BCUT2D eigenvalue weighted by atomic mass is 10.2. The second-order valence-corrected chi connectivity index (χ2v) is 7.77. The van der Waals surface area contributed by atoms with Crippen LogP contribution < -0.4 is 4.90 Å². The third-order valence-electron chi connectivity index (χ3n) is 4.26. The Morgan fingerprint density at radius 1 is 1.19 bits per heavy atom. The monoisotopic (exact) mass is 396 g/mol. The van der Waals surface area contributed by atoms with Crippen LogP contribution in [0.2, 0.25) is 5.02 Å². The number of amides is 1. The van der Waals surface area contributed by atoms with E-state index < -0.39 is 0 Å². The lowest BCUT2D eigenvalue weighted by Gasteiger charge is -2.20. The van der Waals surface area contributed by atoms with Crippen molar-refractivity contribution in [2.75, 3.05) is 4.90 Å². The first kappa shape index (κ1) is 17.8. The van der Waals surface area contributed by atoms with Gasteiger partial charge in [-0.1, -0.05) is 29.8 Å². The Morgan fingerprint density at radius 3 is 2.74 bits per heavy atom. The third-order valence-corrected chi connectivity index (χ3v) is 5.91. The fourth-order valence-electron chi connectivity index (χ4n) is 2.93. The van der Waals surface area contributed by atoms with E-state index in [4.69, 9.17) is 16.0 Å². The van der Waals surface area contributed by atoms with Crippen molar-refractivity contribution in [3.05, 3.63) is 81.7 Å². The van der Waals surface area contributed by atoms with Crippen LogP contribution in [0.3, 0.4) is 0 Å². The molecule has 0 radical (unpaired) electrons. The number of fused-ring (bicyclic) bond motifs is 1. The number of hydrogen-bond acceptors (Lipinski definition) is 4. The van der Waals surface area contributed by atoms with E-state index >= 15 is 0 Å². The van der Waals surface area contributed by atoms with Crippen LogP contribution in [0.5, 0.6) is 0 Å². The normalized spacial score (nSPS) is 11.1. The van der Waals surface area contributed by atoms with Crippen molar-refractivity contribution in [3.63, 3.8) is 0 Å². The zero-order valence-electron chi connectivity index (χ0n) is 14.9. The Kier molecular flexibility index (Phi) is 4.72. The van der Waals surface area contributed by atoms with Gasteiger partial charge in [0, 0.05) is 16.3 Å². The van der Waals surface area contributed by atoms with Gasteiger partial charge in [-0.15, -0.1) is 11.3 Å². The second kappa shape index (κ2) is 7.18. The molecule has 3 heterocycles. The Labute approximate surface area is 166 Å². The number of aromatic nitrogens is 1. The van der Waals surface area contributed by atoms with Crippen molar-refractivity contribution in [1.29, 1.82) is 0 Å². The molecule has 0 spiro atoms. The van der Waals surface area contributed by atoms with Gasteiger partial charge in [-0.3, -0.25) is 9.69 Å². The lowest BCUT2D eigenvalue weighted by Crippen LogP contribution is -2.30. The molecule has 0 unspecified atom stereocenters. The fraction of sp³-hybridized carbons (Fsp3) is 0.143. The standard InChI is InChI=1S/C21H17ClN2O2S/c1-13-6-9-16-17(11-13)27-20(19(16)22)21(25)24(18-5-3-4-10-23-18)12-15-8-7-14(2)26-15/h3-11H,12H2,1-2H3. The van der Waals surface area contributed by atoms with Gasteiger partial charge in [0.15, 0.2) is 0 Å². The molecule has 1 amide bonds. The first-order chi connectivity index (χ1) is 13.0. The molecule has 0 bridgehead atoms. The second-order valence-electron chi connectivity index (χ2n) is 6.34. The van der Waals surface area contributed by atoms with E-state index in [1.807, 2.05) is 56.3 Å². The first-order valence-electron chi connectivity index (χ1n) is 8.50. The van der Waals surface area contributed by atoms with Crippen LogP contribution in [0.4, 0.5) is 5.82 Å². The highest BCUT2D eigenvalue weighted by Crippen LogP contribution is 2.37. The number of carbonyl (C=O) groups is 1. The van der Waals surface area contributed by atoms with Crippen molar-refractivity contribution < 1.29 is 9.21 Å². The molecular formula is C21H17ClN2O2S. The number of furan rings is 1. The van der Waals surface area contributed by atoms with Crippen LogP contribution in [0, 0.1) is 13.8 Å². The molecule has 3 aromatic heterocycles. The largest absolute Gasteiger partial charge is 0.464 e. The number of anilines is 1. The Hall–Kier alpha value is -2.63. The van der Waals surface area contributed by atoms with E-state index in [0.29, 0.717) is 21.5 Å². The molecule has 0 aliphatic heterocycles. The molecule has 4 rings (SSSR count). The first-order valence-corrected chi connectivity index (χ1v) is 9.69. The van der Waals surface area contributed by atoms with Crippen LogP contribution >= 0.6 is 22.9 Å². The maximum absolute atomic E-state index is 13.4. The minimum atomic E-state index is -0.188. The minimum Gasteiger partial charge on any atom is -0.464 e. The summed E-state index contributed by atoms with van der Waals surface area (Å²) in [5, 5.41) is 1.38. The summed E-state index contributed by atoms with van der Waals surface area (Å²) in [6.07, 6.45) is 1.67. The summed E-state index contributed by atoms with van der Waals surface area (Å²) in [5.74, 6) is 1.86. The number of halogens is 1. The molecule has 0 saturated heterocycles. The van der Waals surface area contributed by atoms with Crippen molar-refractivity contribution >= 4 is 44.7 Å². The Balaban J connectivity index is 1.77. The molecule has 0 saturated carbocycles. The van der Waals surface area contributed by atoms with Gasteiger partial charge < -0.3 is 4.42 Å². The SMILES string of the molecule is Cc1ccc2c(Cl)c(C(=O)N(Cc3ccc(C)o3)c3ccccn3)sc2c1. The highest BCUT2D eigenvalue weighted by molar-refractivity contribution is 7.21. The zero-order chi connectivity index (χ0) is 19.0. The van der Waals surface area contributed by atoms with E-state index in [1.54, 1.807) is 17.2 Å². The number of rotatable bonds is 4. The quantitative estimate of drug-likeness (QED) is 0.424. The van der Waals surface area contributed by atoms with E-state index in [1.165, 1.54) is 11.3 Å². The number of aryl methyl sites for hydroxylation is 2. The predicted molar refractivity (Wildman–Crippen MR) is 110 cm³/mol. The van der Waals surface area contributed by atoms with Gasteiger partial charge >= 0.3 is 0 Å². The molecule has 136 valence electrons. The highest BCUT2D eigenvalue weighted by Gasteiger charge is 2.25. The molecule has 0 N–H and O–H groups in total. The van der Waals surface area contributed by atoms with Gasteiger partial charge in [-0.05, 0) is 49.7 Å². The van der Waals surface area contributed by atoms with Crippen molar-refractivity contribution in [2.24, 2.45) is 0 Å². The number of nitrogens with zero attached hydrogens (tertiary/aromatic N) is 2. The summed E-state index contributed by atoms with van der Waals surface area (Å²) < 4.78 is 6.67. The topological polar surface area (TPSA) is 46.3 Å². The molecule has 4 aromatic rings.